The van der Waals surface area contributed by atoms with E-state index in [4.69, 9.17) is 5.73 Å². The molecular formula is C34H37N3O7. The second-order valence-corrected chi connectivity index (χ2v) is 9.93. The van der Waals surface area contributed by atoms with Crippen molar-refractivity contribution >= 4 is 35.8 Å². The van der Waals surface area contributed by atoms with Gasteiger partial charge in [-0.1, -0.05) is 36.4 Å². The zero-order chi connectivity index (χ0) is 31.9. The number of nitrogens with two attached hydrogens (primary N) is 1. The summed E-state index contributed by atoms with van der Waals surface area (Å²) < 4.78 is 0. The van der Waals surface area contributed by atoms with Crippen molar-refractivity contribution in [2.24, 2.45) is 5.73 Å². The molecule has 0 bridgehead atoms. The normalized spacial score (nSPS) is 12.2. The summed E-state index contributed by atoms with van der Waals surface area (Å²) in [6, 6.07) is 15.2. The first kappa shape index (κ1) is 33.3. The third kappa shape index (κ3) is 10.6. The van der Waals surface area contributed by atoms with Crippen LogP contribution in [0.4, 0.5) is 0 Å². The van der Waals surface area contributed by atoms with E-state index in [0.29, 0.717) is 42.7 Å². The summed E-state index contributed by atoms with van der Waals surface area (Å²) in [5.74, 6) is -2.53. The van der Waals surface area contributed by atoms with Gasteiger partial charge in [-0.3, -0.25) is 19.3 Å². The van der Waals surface area contributed by atoms with Crippen molar-refractivity contribution in [2.45, 2.75) is 25.3 Å². The number of amides is 2. The second kappa shape index (κ2) is 17.1. The molecule has 0 aliphatic carbocycles. The van der Waals surface area contributed by atoms with Crippen LogP contribution in [-0.2, 0) is 14.4 Å². The molecule has 1 atom stereocenters. The van der Waals surface area contributed by atoms with Gasteiger partial charge >= 0.3 is 0 Å². The number of ketones is 1. The molecule has 7 N–H and O–H groups in total. The Kier molecular flexibility index (Phi) is 12.9. The lowest BCUT2D eigenvalue weighted by molar-refractivity contribution is -0.145. The van der Waals surface area contributed by atoms with Gasteiger partial charge in [-0.2, -0.15) is 0 Å². The van der Waals surface area contributed by atoms with E-state index in [1.54, 1.807) is 30.3 Å². The fourth-order valence-electron chi connectivity index (χ4n) is 4.19. The second-order valence-electron chi connectivity index (χ2n) is 9.93. The van der Waals surface area contributed by atoms with Gasteiger partial charge in [0, 0.05) is 12.2 Å². The smallest absolute Gasteiger partial charge is 0.254 e. The van der Waals surface area contributed by atoms with Crippen LogP contribution in [0.5, 0.6) is 23.0 Å². The van der Waals surface area contributed by atoms with Crippen LogP contribution in [0.3, 0.4) is 0 Å². The van der Waals surface area contributed by atoms with Gasteiger partial charge in [0.15, 0.2) is 17.3 Å². The Morgan fingerprint density at radius 1 is 0.682 bits per heavy atom. The van der Waals surface area contributed by atoms with Crippen molar-refractivity contribution in [3.05, 3.63) is 102 Å². The molecule has 1 unspecified atom stereocenters. The molecule has 44 heavy (non-hydrogen) atoms. The molecule has 0 heterocycles. The number of imide groups is 1. The highest BCUT2D eigenvalue weighted by atomic mass is 16.3. The lowest BCUT2D eigenvalue weighted by Crippen LogP contribution is -2.47. The summed E-state index contributed by atoms with van der Waals surface area (Å²) in [7, 11) is 0. The highest BCUT2D eigenvalue weighted by Crippen LogP contribution is 2.25. The van der Waals surface area contributed by atoms with Gasteiger partial charge in [-0.05, 0) is 110 Å². The van der Waals surface area contributed by atoms with E-state index in [0.717, 1.165) is 17.4 Å². The zero-order valence-corrected chi connectivity index (χ0v) is 24.2. The number of carbonyl (C=O) groups is 3. The average molecular weight is 600 g/mol. The summed E-state index contributed by atoms with van der Waals surface area (Å²) in [5.41, 5.74) is 7.18. The number of phenols is 4. The minimum Gasteiger partial charge on any atom is -0.508 e. The van der Waals surface area contributed by atoms with Crippen LogP contribution in [0.2, 0.25) is 0 Å². The number of nitrogens with zero attached hydrogens (tertiary/aromatic N) is 1. The van der Waals surface area contributed by atoms with Gasteiger partial charge in [0.05, 0.1) is 0 Å². The minimum absolute atomic E-state index is 0.0573. The van der Waals surface area contributed by atoms with Crippen molar-refractivity contribution < 1.29 is 34.8 Å². The molecule has 3 aromatic carbocycles. The maximum atomic E-state index is 13.6. The van der Waals surface area contributed by atoms with Crippen LogP contribution < -0.4 is 11.1 Å². The van der Waals surface area contributed by atoms with Crippen LogP contribution in [-0.4, -0.2) is 68.6 Å². The van der Waals surface area contributed by atoms with Gasteiger partial charge in [-0.25, -0.2) is 0 Å². The van der Waals surface area contributed by atoms with Gasteiger partial charge < -0.3 is 31.5 Å². The molecular weight excluding hydrogens is 562 g/mol. The SMILES string of the molecule is NCCCNCCCC(C(=O)/C=C/c1ccc(O)cc1)N(C(=O)/C=C/c1ccc(O)cc1)C(=O)/C=C/c1ccc(O)c(O)c1. The van der Waals surface area contributed by atoms with E-state index in [-0.39, 0.29) is 29.4 Å². The fraction of sp³-hybridized carbons (Fsp3) is 0.206. The Hall–Kier alpha value is -5.19. The van der Waals surface area contributed by atoms with Gasteiger partial charge in [-0.15, -0.1) is 0 Å². The lowest BCUT2D eigenvalue weighted by atomic mass is 10.0. The summed E-state index contributed by atoms with van der Waals surface area (Å²) in [6.07, 6.45) is 9.44. The molecule has 2 amide bonds. The van der Waals surface area contributed by atoms with E-state index in [9.17, 15) is 34.8 Å². The molecule has 0 saturated heterocycles. The molecule has 0 spiro atoms. The van der Waals surface area contributed by atoms with E-state index in [1.807, 2.05) is 0 Å². The first-order valence-electron chi connectivity index (χ1n) is 14.1. The molecule has 0 aliphatic rings. The van der Waals surface area contributed by atoms with E-state index in [2.05, 4.69) is 5.32 Å². The van der Waals surface area contributed by atoms with Crippen molar-refractivity contribution in [3.8, 4) is 23.0 Å². The Morgan fingerprint density at radius 3 is 1.73 bits per heavy atom. The van der Waals surface area contributed by atoms with Crippen LogP contribution in [0.25, 0.3) is 18.2 Å². The Morgan fingerprint density at radius 2 is 1.18 bits per heavy atom. The number of carbonyl (C=O) groups excluding carboxylic acids is 3. The first-order chi connectivity index (χ1) is 21.2. The van der Waals surface area contributed by atoms with Crippen LogP contribution in [0.1, 0.15) is 36.0 Å². The van der Waals surface area contributed by atoms with Crippen molar-refractivity contribution in [2.75, 3.05) is 19.6 Å². The molecule has 0 aromatic heterocycles. The Labute approximate surface area is 256 Å². The third-order valence-electron chi connectivity index (χ3n) is 6.57. The van der Waals surface area contributed by atoms with Gasteiger partial charge in [0.2, 0.25) is 0 Å². The molecule has 3 aromatic rings. The number of phenolic OH excluding ortho intramolecular Hbond substituents is 4. The molecule has 3 rings (SSSR count). The Bertz CT molecular complexity index is 1500. The van der Waals surface area contributed by atoms with E-state index in [1.165, 1.54) is 66.8 Å². The number of benzene rings is 3. The molecule has 0 saturated carbocycles. The van der Waals surface area contributed by atoms with E-state index < -0.39 is 23.6 Å². The summed E-state index contributed by atoms with van der Waals surface area (Å²) in [5, 5.41) is 41.8. The summed E-state index contributed by atoms with van der Waals surface area (Å²) in [4.78, 5) is 41.7. The standard InChI is InChI=1S/C34H37N3O7/c35-20-2-22-36-21-1-3-29(30(40)16-8-24-4-12-27(38)13-5-24)37(33(43)18-10-25-6-14-28(39)15-7-25)34(44)19-11-26-9-17-31(41)32(42)23-26/h4-19,23,29,36,38-39,41-42H,1-3,20-22,35H2/b16-8+,18-10+,19-11+. The highest BCUT2D eigenvalue weighted by molar-refractivity contribution is 6.12. The van der Waals surface area contributed by atoms with Crippen LogP contribution in [0.15, 0.2) is 85.0 Å². The maximum Gasteiger partial charge on any atom is 0.254 e. The van der Waals surface area contributed by atoms with Crippen molar-refractivity contribution in [3.63, 3.8) is 0 Å². The average Bonchev–Trinajstić information content (AvgIpc) is 3.01. The predicted octanol–water partition coefficient (Wildman–Crippen LogP) is 3.96. The maximum absolute atomic E-state index is 13.6. The van der Waals surface area contributed by atoms with Crippen LogP contribution >= 0.6 is 0 Å². The third-order valence-corrected chi connectivity index (χ3v) is 6.57. The predicted molar refractivity (Wildman–Crippen MR) is 170 cm³/mol. The van der Waals surface area contributed by atoms with Gasteiger partial charge in [0.25, 0.3) is 11.8 Å². The molecule has 10 heteroatoms. The van der Waals surface area contributed by atoms with Crippen molar-refractivity contribution in [1.82, 2.24) is 10.2 Å². The number of aromatic hydroxyl groups is 4. The van der Waals surface area contributed by atoms with Crippen molar-refractivity contribution in [1.29, 1.82) is 0 Å². The molecule has 0 aliphatic heterocycles. The molecule has 230 valence electrons. The fourth-order valence-corrected chi connectivity index (χ4v) is 4.19. The lowest BCUT2D eigenvalue weighted by Gasteiger charge is -2.27. The zero-order valence-electron chi connectivity index (χ0n) is 24.2. The molecule has 0 fully saturated rings. The molecule has 0 radical (unpaired) electrons. The van der Waals surface area contributed by atoms with Gasteiger partial charge in [0.1, 0.15) is 17.5 Å². The van der Waals surface area contributed by atoms with Crippen LogP contribution in [0, 0.1) is 0 Å². The number of rotatable bonds is 15. The quantitative estimate of drug-likeness (QED) is 0.0859. The number of hydrogen-bond acceptors (Lipinski definition) is 9. The first-order valence-corrected chi connectivity index (χ1v) is 14.1. The topological polar surface area (TPSA) is 173 Å². The number of hydrogen-bond donors (Lipinski definition) is 6. The highest BCUT2D eigenvalue weighted by Gasteiger charge is 2.31. The monoisotopic (exact) mass is 599 g/mol. The number of nitrogens with one attached hydrogen (secondary N) is 1. The largest absolute Gasteiger partial charge is 0.508 e. The minimum atomic E-state index is -1.15. The van der Waals surface area contributed by atoms with E-state index >= 15 is 0 Å². The summed E-state index contributed by atoms with van der Waals surface area (Å²) >= 11 is 0. The molecule has 10 nitrogen and oxygen atoms in total. The Balaban J connectivity index is 1.95. The summed E-state index contributed by atoms with van der Waals surface area (Å²) in [6.45, 7) is 1.76.